The van der Waals surface area contributed by atoms with E-state index in [-0.39, 0.29) is 24.0 Å². The van der Waals surface area contributed by atoms with Crippen LogP contribution in [0, 0.1) is 6.92 Å². The Labute approximate surface area is 151 Å². The second kappa shape index (κ2) is 10.7. The highest BCUT2D eigenvalue weighted by molar-refractivity contribution is 14.0. The zero-order chi connectivity index (χ0) is 14.9. The van der Waals surface area contributed by atoms with Crippen LogP contribution in [0.25, 0.3) is 0 Å². The lowest BCUT2D eigenvalue weighted by Gasteiger charge is -2.16. The van der Waals surface area contributed by atoms with E-state index in [0.717, 1.165) is 31.3 Å². The number of benzene rings is 1. The van der Waals surface area contributed by atoms with Crippen LogP contribution in [-0.2, 0) is 0 Å². The third kappa shape index (κ3) is 6.85. The summed E-state index contributed by atoms with van der Waals surface area (Å²) < 4.78 is 5.71. The van der Waals surface area contributed by atoms with E-state index in [1.165, 1.54) is 31.2 Å². The van der Waals surface area contributed by atoms with E-state index in [1.807, 2.05) is 19.2 Å². The molecule has 0 heterocycles. The highest BCUT2D eigenvalue weighted by Crippen LogP contribution is 2.17. The molecule has 4 nitrogen and oxygen atoms in total. The molecule has 2 rings (SSSR count). The highest BCUT2D eigenvalue weighted by Gasteiger charge is 2.15. The molecule has 0 saturated heterocycles. The fraction of sp³-hybridized carbons (Fsp3) is 0.588. The number of aliphatic imine (C=N–C) groups is 1. The number of ether oxygens (including phenoxy) is 1. The van der Waals surface area contributed by atoms with E-state index in [9.17, 15) is 0 Å². The fourth-order valence-electron chi connectivity index (χ4n) is 2.56. The van der Waals surface area contributed by atoms with E-state index in [4.69, 9.17) is 4.74 Å². The Kier molecular flexibility index (Phi) is 9.27. The van der Waals surface area contributed by atoms with Gasteiger partial charge in [0.15, 0.2) is 5.96 Å². The van der Waals surface area contributed by atoms with Crippen molar-refractivity contribution in [1.82, 2.24) is 10.6 Å². The summed E-state index contributed by atoms with van der Waals surface area (Å²) in [5.41, 5.74) is 1.26. The molecular weight excluding hydrogens is 389 g/mol. The predicted octanol–water partition coefficient (Wildman–Crippen LogP) is 3.49. The number of nitrogens with one attached hydrogen (secondary N) is 2. The maximum absolute atomic E-state index is 5.71. The zero-order valence-electron chi connectivity index (χ0n) is 13.6. The van der Waals surface area contributed by atoms with Crippen molar-refractivity contribution in [2.45, 2.75) is 45.1 Å². The average Bonchev–Trinajstić information content (AvgIpc) is 3.00. The number of guanidine groups is 1. The van der Waals surface area contributed by atoms with Crippen molar-refractivity contribution in [3.63, 3.8) is 0 Å². The summed E-state index contributed by atoms with van der Waals surface area (Å²) in [6, 6.07) is 8.77. The largest absolute Gasteiger partial charge is 0.494 e. The summed E-state index contributed by atoms with van der Waals surface area (Å²) in [4.78, 5) is 4.27. The molecule has 5 heteroatoms. The van der Waals surface area contributed by atoms with Gasteiger partial charge in [0.1, 0.15) is 5.75 Å². The molecule has 0 bridgehead atoms. The van der Waals surface area contributed by atoms with Gasteiger partial charge in [0.2, 0.25) is 0 Å². The first-order valence-electron chi connectivity index (χ1n) is 7.94. The Bertz CT molecular complexity index is 442. The first-order valence-corrected chi connectivity index (χ1v) is 7.94. The second-order valence-corrected chi connectivity index (χ2v) is 5.64. The van der Waals surface area contributed by atoms with E-state index in [2.05, 4.69) is 34.7 Å². The minimum absolute atomic E-state index is 0. The Balaban J connectivity index is 0.00000242. The lowest BCUT2D eigenvalue weighted by molar-refractivity contribution is 0.311. The summed E-state index contributed by atoms with van der Waals surface area (Å²) in [6.45, 7) is 3.67. The van der Waals surface area contributed by atoms with Crippen LogP contribution >= 0.6 is 24.0 Å². The SMILES string of the molecule is CN=C(NCCCOc1ccc(C)cc1)NC1CCCC1.I. The molecule has 0 atom stereocenters. The molecule has 0 aromatic heterocycles. The van der Waals surface area contributed by atoms with Crippen LogP contribution in [0.2, 0.25) is 0 Å². The van der Waals surface area contributed by atoms with Gasteiger partial charge in [-0.2, -0.15) is 0 Å². The van der Waals surface area contributed by atoms with Gasteiger partial charge in [-0.05, 0) is 38.3 Å². The predicted molar refractivity (Wildman–Crippen MR) is 103 cm³/mol. The molecule has 1 aliphatic rings. The average molecular weight is 417 g/mol. The summed E-state index contributed by atoms with van der Waals surface area (Å²) in [5.74, 6) is 1.85. The molecule has 1 aliphatic carbocycles. The van der Waals surface area contributed by atoms with Gasteiger partial charge in [-0.15, -0.1) is 24.0 Å². The monoisotopic (exact) mass is 417 g/mol. The van der Waals surface area contributed by atoms with Crippen LogP contribution in [-0.4, -0.2) is 32.2 Å². The van der Waals surface area contributed by atoms with Gasteiger partial charge in [-0.25, -0.2) is 0 Å². The first kappa shape index (κ1) is 19.1. The van der Waals surface area contributed by atoms with E-state index < -0.39 is 0 Å². The number of aryl methyl sites for hydroxylation is 1. The minimum Gasteiger partial charge on any atom is -0.494 e. The minimum atomic E-state index is 0. The molecular formula is C17H28IN3O. The van der Waals surface area contributed by atoms with Gasteiger partial charge in [-0.3, -0.25) is 4.99 Å². The number of hydrogen-bond donors (Lipinski definition) is 2. The standard InChI is InChI=1S/C17H27N3O.HI/c1-14-8-10-16(11-9-14)21-13-5-12-19-17(18-2)20-15-6-3-4-7-15;/h8-11,15H,3-7,12-13H2,1-2H3,(H2,18,19,20);1H. The van der Waals surface area contributed by atoms with Crippen LogP contribution in [0.15, 0.2) is 29.3 Å². The van der Waals surface area contributed by atoms with Crippen LogP contribution in [0.1, 0.15) is 37.7 Å². The summed E-state index contributed by atoms with van der Waals surface area (Å²) in [7, 11) is 1.83. The normalized spacial score (nSPS) is 15.3. The highest BCUT2D eigenvalue weighted by atomic mass is 127. The molecule has 0 unspecified atom stereocenters. The van der Waals surface area contributed by atoms with Crippen molar-refractivity contribution in [2.24, 2.45) is 4.99 Å². The van der Waals surface area contributed by atoms with E-state index in [1.54, 1.807) is 0 Å². The zero-order valence-corrected chi connectivity index (χ0v) is 15.9. The molecule has 1 aromatic carbocycles. The van der Waals surface area contributed by atoms with Gasteiger partial charge >= 0.3 is 0 Å². The smallest absolute Gasteiger partial charge is 0.191 e. The molecule has 0 aliphatic heterocycles. The molecule has 0 radical (unpaired) electrons. The maximum atomic E-state index is 5.71. The van der Waals surface area contributed by atoms with Crippen molar-refractivity contribution < 1.29 is 4.74 Å². The fourth-order valence-corrected chi connectivity index (χ4v) is 2.56. The van der Waals surface area contributed by atoms with Crippen molar-refractivity contribution in [2.75, 3.05) is 20.2 Å². The number of halogens is 1. The van der Waals surface area contributed by atoms with Crippen LogP contribution in [0.5, 0.6) is 5.75 Å². The topological polar surface area (TPSA) is 45.7 Å². The van der Waals surface area contributed by atoms with Gasteiger partial charge in [0, 0.05) is 19.6 Å². The first-order chi connectivity index (χ1) is 10.3. The Morgan fingerprint density at radius 2 is 1.91 bits per heavy atom. The summed E-state index contributed by atoms with van der Waals surface area (Å²) in [5, 5.41) is 6.83. The third-order valence-electron chi connectivity index (χ3n) is 3.82. The lowest BCUT2D eigenvalue weighted by Crippen LogP contribution is -2.42. The van der Waals surface area contributed by atoms with Gasteiger partial charge in [0.05, 0.1) is 6.61 Å². The quantitative estimate of drug-likeness (QED) is 0.323. The van der Waals surface area contributed by atoms with Crippen molar-refractivity contribution in [3.05, 3.63) is 29.8 Å². The Morgan fingerprint density at radius 3 is 2.55 bits per heavy atom. The van der Waals surface area contributed by atoms with Crippen molar-refractivity contribution in [3.8, 4) is 5.75 Å². The van der Waals surface area contributed by atoms with Crippen molar-refractivity contribution >= 4 is 29.9 Å². The number of nitrogens with zero attached hydrogens (tertiary/aromatic N) is 1. The van der Waals surface area contributed by atoms with Gasteiger partial charge in [0.25, 0.3) is 0 Å². The molecule has 22 heavy (non-hydrogen) atoms. The molecule has 0 amide bonds. The van der Waals surface area contributed by atoms with Gasteiger partial charge < -0.3 is 15.4 Å². The van der Waals surface area contributed by atoms with E-state index in [0.29, 0.717) is 6.04 Å². The molecule has 1 fully saturated rings. The maximum Gasteiger partial charge on any atom is 0.191 e. The molecule has 1 saturated carbocycles. The summed E-state index contributed by atoms with van der Waals surface area (Å²) in [6.07, 6.45) is 6.14. The van der Waals surface area contributed by atoms with Crippen LogP contribution < -0.4 is 15.4 Å². The second-order valence-electron chi connectivity index (χ2n) is 5.64. The molecule has 1 aromatic rings. The number of rotatable bonds is 6. The van der Waals surface area contributed by atoms with Crippen LogP contribution in [0.4, 0.5) is 0 Å². The molecule has 0 spiro atoms. The lowest BCUT2D eigenvalue weighted by atomic mass is 10.2. The van der Waals surface area contributed by atoms with E-state index >= 15 is 0 Å². The Morgan fingerprint density at radius 1 is 1.23 bits per heavy atom. The molecule has 2 N–H and O–H groups in total. The summed E-state index contributed by atoms with van der Waals surface area (Å²) >= 11 is 0. The van der Waals surface area contributed by atoms with Crippen LogP contribution in [0.3, 0.4) is 0 Å². The molecule has 124 valence electrons. The Hall–Kier alpha value is -0.980. The van der Waals surface area contributed by atoms with Gasteiger partial charge in [-0.1, -0.05) is 30.5 Å². The van der Waals surface area contributed by atoms with Crippen molar-refractivity contribution in [1.29, 1.82) is 0 Å². The third-order valence-corrected chi connectivity index (χ3v) is 3.82. The number of hydrogen-bond acceptors (Lipinski definition) is 2.